The van der Waals surface area contributed by atoms with Crippen molar-refractivity contribution in [3.63, 3.8) is 0 Å². The van der Waals surface area contributed by atoms with Crippen molar-refractivity contribution in [3.05, 3.63) is 65.6 Å². The van der Waals surface area contributed by atoms with E-state index in [2.05, 4.69) is 26.0 Å². The molecule has 2 atom stereocenters. The van der Waals surface area contributed by atoms with E-state index < -0.39 is 0 Å². The number of hydrogen-bond acceptors (Lipinski definition) is 6. The van der Waals surface area contributed by atoms with Gasteiger partial charge in [-0.05, 0) is 42.9 Å². The van der Waals surface area contributed by atoms with Crippen molar-refractivity contribution >= 4 is 17.8 Å². The number of benzene rings is 2. The highest BCUT2D eigenvalue weighted by atomic mass is 16.5. The predicted octanol–water partition coefficient (Wildman–Crippen LogP) is 5.14. The van der Waals surface area contributed by atoms with Crippen LogP contribution in [-0.2, 0) is 4.79 Å². The molecular formula is C28H35N3O4. The molecule has 2 aromatic rings. The summed E-state index contributed by atoms with van der Waals surface area (Å²) >= 11 is 0. The Morgan fingerprint density at radius 2 is 1.77 bits per heavy atom. The van der Waals surface area contributed by atoms with E-state index in [1.54, 1.807) is 24.0 Å². The topological polar surface area (TPSA) is 74.6 Å². The van der Waals surface area contributed by atoms with E-state index in [9.17, 15) is 9.90 Å². The van der Waals surface area contributed by atoms with Gasteiger partial charge in [-0.3, -0.25) is 14.7 Å². The van der Waals surface area contributed by atoms with Crippen LogP contribution >= 0.6 is 0 Å². The molecule has 0 radical (unpaired) electrons. The summed E-state index contributed by atoms with van der Waals surface area (Å²) < 4.78 is 11.2. The lowest BCUT2D eigenvalue weighted by Crippen LogP contribution is -2.41. The lowest BCUT2D eigenvalue weighted by atomic mass is 9.99. The number of aliphatic hydroxyl groups is 1. The number of carbonyl (C=O) groups is 1. The van der Waals surface area contributed by atoms with Crippen LogP contribution in [0.1, 0.15) is 44.6 Å². The molecule has 2 aliphatic rings. The number of ether oxygens (including phenoxy) is 2. The van der Waals surface area contributed by atoms with Gasteiger partial charge in [0.05, 0.1) is 14.2 Å². The monoisotopic (exact) mass is 477 g/mol. The molecule has 7 heteroatoms. The molecule has 1 amide bonds. The summed E-state index contributed by atoms with van der Waals surface area (Å²) in [5, 5.41) is 11.5. The average molecular weight is 478 g/mol. The molecule has 0 aliphatic carbocycles. The van der Waals surface area contributed by atoms with Crippen molar-refractivity contribution in [3.8, 4) is 11.5 Å². The van der Waals surface area contributed by atoms with E-state index in [0.717, 1.165) is 12.8 Å². The number of likely N-dealkylation sites (tertiary alicyclic amines) is 1. The summed E-state index contributed by atoms with van der Waals surface area (Å²) in [6.45, 7) is 5.56. The minimum atomic E-state index is -0.380. The Morgan fingerprint density at radius 3 is 2.40 bits per heavy atom. The second-order valence-electron chi connectivity index (χ2n) is 9.50. The summed E-state index contributed by atoms with van der Waals surface area (Å²) in [4.78, 5) is 21.8. The van der Waals surface area contributed by atoms with Gasteiger partial charge >= 0.3 is 0 Å². The van der Waals surface area contributed by atoms with Crippen molar-refractivity contribution < 1.29 is 19.4 Å². The van der Waals surface area contributed by atoms with Crippen LogP contribution in [0.2, 0.25) is 0 Å². The van der Waals surface area contributed by atoms with Gasteiger partial charge in [0.15, 0.2) is 0 Å². The van der Waals surface area contributed by atoms with E-state index >= 15 is 0 Å². The van der Waals surface area contributed by atoms with Gasteiger partial charge in [-0.1, -0.05) is 50.2 Å². The zero-order valence-electron chi connectivity index (χ0n) is 21.0. The number of nitrogens with zero attached hydrogens (tertiary/aromatic N) is 3. The van der Waals surface area contributed by atoms with E-state index in [-0.39, 0.29) is 29.4 Å². The molecule has 2 aromatic carbocycles. The summed E-state index contributed by atoms with van der Waals surface area (Å²) in [6.07, 6.45) is 3.67. The van der Waals surface area contributed by atoms with Crippen molar-refractivity contribution in [2.24, 2.45) is 10.9 Å². The molecule has 4 rings (SSSR count). The lowest BCUT2D eigenvalue weighted by molar-refractivity contribution is -0.125. The third-order valence-electron chi connectivity index (χ3n) is 6.76. The highest BCUT2D eigenvalue weighted by Gasteiger charge is 2.37. The number of hydrogen-bond donors (Lipinski definition) is 1. The van der Waals surface area contributed by atoms with Crippen LogP contribution in [0.25, 0.3) is 0 Å². The Balaban J connectivity index is 1.67. The van der Waals surface area contributed by atoms with Crippen LogP contribution in [0.15, 0.2) is 65.0 Å². The third kappa shape index (κ3) is 5.14. The first kappa shape index (κ1) is 24.6. The zero-order valence-corrected chi connectivity index (χ0v) is 21.0. The first-order valence-electron chi connectivity index (χ1n) is 12.3. The molecule has 35 heavy (non-hydrogen) atoms. The summed E-state index contributed by atoms with van der Waals surface area (Å²) in [5.74, 6) is 1.50. The zero-order chi connectivity index (χ0) is 24.9. The number of aliphatic hydroxyl groups excluding tert-OH is 1. The van der Waals surface area contributed by atoms with Crippen LogP contribution in [0.3, 0.4) is 0 Å². The van der Waals surface area contributed by atoms with Gasteiger partial charge < -0.3 is 19.5 Å². The molecule has 2 heterocycles. The van der Waals surface area contributed by atoms with Crippen molar-refractivity contribution in [1.29, 1.82) is 0 Å². The number of aliphatic imine (C=N–C) groups is 1. The average Bonchev–Trinajstić information content (AvgIpc) is 3.37. The number of carbonyl (C=O) groups excluding carboxylic acids is 1. The standard InChI is InChI=1S/C28H35N3O4/c1-19(2)13-14-25-29-17-22(27(32)30-16-15-21(18-30)20-9-6-5-7-10-20)28(33)31(25)26-23(34-3)11-8-12-24(26)35-4/h5-12,17,19,21,25,33H,13-16,18H2,1-4H3/t21?,25-/m0/s1. The Bertz CT molecular complexity index is 1070. The fourth-order valence-electron chi connectivity index (χ4n) is 4.83. The molecule has 0 saturated carbocycles. The Hall–Kier alpha value is -3.48. The summed E-state index contributed by atoms with van der Waals surface area (Å²) in [7, 11) is 3.16. The van der Waals surface area contributed by atoms with Crippen molar-refractivity contribution in [1.82, 2.24) is 4.90 Å². The van der Waals surface area contributed by atoms with Gasteiger partial charge in [0.25, 0.3) is 5.91 Å². The number of amides is 1. The Kier molecular flexibility index (Phi) is 7.63. The Morgan fingerprint density at radius 1 is 1.09 bits per heavy atom. The SMILES string of the molecule is COc1cccc(OC)c1N1C(O)=C(C(=O)N2CCC(c3ccccc3)C2)C=N[C@@H]1CCC(C)C. The molecule has 1 saturated heterocycles. The van der Waals surface area contributed by atoms with Crippen molar-refractivity contribution in [2.45, 2.75) is 45.2 Å². The van der Waals surface area contributed by atoms with Gasteiger partial charge in [0, 0.05) is 25.2 Å². The number of rotatable bonds is 8. The fourth-order valence-corrected chi connectivity index (χ4v) is 4.83. The summed E-state index contributed by atoms with van der Waals surface area (Å²) in [6, 6.07) is 15.7. The first-order chi connectivity index (χ1) is 16.9. The molecule has 0 aromatic heterocycles. The van der Waals surface area contributed by atoms with E-state index in [0.29, 0.717) is 42.6 Å². The maximum atomic E-state index is 13.6. The second kappa shape index (κ2) is 10.8. The molecule has 186 valence electrons. The number of methoxy groups -OCH3 is 2. The van der Waals surface area contributed by atoms with E-state index in [1.807, 2.05) is 36.4 Å². The molecule has 1 fully saturated rings. The maximum Gasteiger partial charge on any atom is 0.260 e. The van der Waals surface area contributed by atoms with Crippen LogP contribution < -0.4 is 14.4 Å². The molecule has 7 nitrogen and oxygen atoms in total. The molecule has 0 spiro atoms. The van der Waals surface area contributed by atoms with Gasteiger partial charge in [-0.25, -0.2) is 0 Å². The largest absolute Gasteiger partial charge is 0.494 e. The predicted molar refractivity (Wildman–Crippen MR) is 138 cm³/mol. The van der Waals surface area contributed by atoms with E-state index in [4.69, 9.17) is 14.5 Å². The molecule has 2 aliphatic heterocycles. The van der Waals surface area contributed by atoms with Gasteiger partial charge in [-0.15, -0.1) is 0 Å². The Labute approximate surface area is 207 Å². The highest BCUT2D eigenvalue weighted by Crippen LogP contribution is 2.43. The van der Waals surface area contributed by atoms with Gasteiger partial charge in [0.2, 0.25) is 5.88 Å². The lowest BCUT2D eigenvalue weighted by Gasteiger charge is -2.35. The quantitative estimate of drug-likeness (QED) is 0.570. The number of para-hydroxylation sites is 1. The van der Waals surface area contributed by atoms with E-state index in [1.165, 1.54) is 11.8 Å². The van der Waals surface area contributed by atoms with Gasteiger partial charge in [0.1, 0.15) is 28.9 Å². The number of anilines is 1. The smallest absolute Gasteiger partial charge is 0.260 e. The van der Waals surface area contributed by atoms with Crippen LogP contribution in [-0.4, -0.2) is 55.6 Å². The molecular weight excluding hydrogens is 442 g/mol. The highest BCUT2D eigenvalue weighted by molar-refractivity contribution is 6.13. The maximum absolute atomic E-state index is 13.6. The fraction of sp³-hybridized carbons (Fsp3) is 0.429. The third-order valence-corrected chi connectivity index (χ3v) is 6.76. The van der Waals surface area contributed by atoms with Gasteiger partial charge in [-0.2, -0.15) is 0 Å². The molecule has 0 bridgehead atoms. The summed E-state index contributed by atoms with van der Waals surface area (Å²) in [5.41, 5.74) is 1.98. The molecule has 1 N–H and O–H groups in total. The minimum Gasteiger partial charge on any atom is -0.494 e. The minimum absolute atomic E-state index is 0.121. The van der Waals surface area contributed by atoms with Crippen LogP contribution in [0.5, 0.6) is 11.5 Å². The second-order valence-corrected chi connectivity index (χ2v) is 9.50. The molecule has 1 unspecified atom stereocenters. The first-order valence-corrected chi connectivity index (χ1v) is 12.3. The van der Waals surface area contributed by atoms with Crippen LogP contribution in [0.4, 0.5) is 5.69 Å². The normalized spacial score (nSPS) is 20.0. The van der Waals surface area contributed by atoms with Crippen LogP contribution in [0, 0.1) is 5.92 Å². The van der Waals surface area contributed by atoms with Crippen molar-refractivity contribution in [2.75, 3.05) is 32.2 Å².